The van der Waals surface area contributed by atoms with Crippen molar-refractivity contribution >= 4 is 43.6 Å². The molecule has 3 nitrogen and oxygen atoms in total. The Hall–Kier alpha value is -3.56. The van der Waals surface area contributed by atoms with E-state index in [0.717, 1.165) is 11.0 Å². The number of nitrogens with two attached hydrogens (primary N) is 1. The lowest BCUT2D eigenvalue weighted by Crippen LogP contribution is -2.13. The lowest BCUT2D eigenvalue weighted by molar-refractivity contribution is 0.822. The molecule has 6 aromatic rings. The maximum Gasteiger partial charge on any atom is 0.0465 e. The predicted octanol–water partition coefficient (Wildman–Crippen LogP) is 6.05. The molecule has 2 aromatic heterocycles. The van der Waals surface area contributed by atoms with Crippen molar-refractivity contribution in [2.24, 2.45) is 5.73 Å². The Bertz CT molecular complexity index is 1390. The number of aromatic amines is 2. The van der Waals surface area contributed by atoms with Crippen LogP contribution in [0.1, 0.15) is 17.0 Å². The molecular formula is C26H21N3. The average Bonchev–Trinajstić information content (AvgIpc) is 3.32. The van der Waals surface area contributed by atoms with Crippen molar-refractivity contribution in [1.82, 2.24) is 9.97 Å². The third-order valence-corrected chi connectivity index (χ3v) is 6.10. The van der Waals surface area contributed by atoms with E-state index in [2.05, 4.69) is 94.9 Å². The Morgan fingerprint density at radius 2 is 1.00 bits per heavy atom. The lowest BCUT2D eigenvalue weighted by Gasteiger charge is -2.16. The van der Waals surface area contributed by atoms with Gasteiger partial charge in [-0.25, -0.2) is 0 Å². The van der Waals surface area contributed by atoms with Crippen molar-refractivity contribution in [3.63, 3.8) is 0 Å². The molecule has 0 fully saturated rings. The Morgan fingerprint density at radius 3 is 1.48 bits per heavy atom. The fraction of sp³-hybridized carbons (Fsp3) is 0.0769. The molecule has 0 amide bonds. The first-order chi connectivity index (χ1) is 14.3. The van der Waals surface area contributed by atoms with Gasteiger partial charge in [-0.2, -0.15) is 0 Å². The summed E-state index contributed by atoms with van der Waals surface area (Å²) in [6.07, 6.45) is 0. The zero-order valence-electron chi connectivity index (χ0n) is 15.9. The van der Waals surface area contributed by atoms with Crippen LogP contribution >= 0.6 is 0 Å². The minimum absolute atomic E-state index is 0.158. The van der Waals surface area contributed by atoms with Gasteiger partial charge in [-0.15, -0.1) is 0 Å². The second-order valence-corrected chi connectivity index (χ2v) is 7.74. The predicted molar refractivity (Wildman–Crippen MR) is 123 cm³/mol. The molecule has 140 valence electrons. The molecule has 0 saturated heterocycles. The summed E-state index contributed by atoms with van der Waals surface area (Å²) < 4.78 is 0. The first-order valence-electron chi connectivity index (χ1n) is 10.0. The molecule has 4 N–H and O–H groups in total. The Morgan fingerprint density at radius 1 is 0.552 bits per heavy atom. The first kappa shape index (κ1) is 16.4. The summed E-state index contributed by atoms with van der Waals surface area (Å²) in [6, 6.07) is 30.3. The number of hydrogen-bond donors (Lipinski definition) is 3. The molecule has 0 aliphatic carbocycles. The molecule has 0 aliphatic heterocycles. The van der Waals surface area contributed by atoms with Gasteiger partial charge in [-0.1, -0.05) is 48.5 Å². The summed E-state index contributed by atoms with van der Waals surface area (Å²) in [7, 11) is 0. The van der Waals surface area contributed by atoms with Crippen LogP contribution in [0.4, 0.5) is 0 Å². The van der Waals surface area contributed by atoms with Gasteiger partial charge in [-0.05, 0) is 47.5 Å². The van der Waals surface area contributed by atoms with E-state index in [0.29, 0.717) is 6.54 Å². The van der Waals surface area contributed by atoms with Crippen molar-refractivity contribution in [3.8, 4) is 0 Å². The van der Waals surface area contributed by atoms with Crippen LogP contribution in [0.25, 0.3) is 43.6 Å². The fourth-order valence-electron chi connectivity index (χ4n) is 4.63. The van der Waals surface area contributed by atoms with Crippen LogP contribution in [0, 0.1) is 0 Å². The summed E-state index contributed by atoms with van der Waals surface area (Å²) >= 11 is 0. The van der Waals surface area contributed by atoms with E-state index in [4.69, 9.17) is 5.73 Å². The summed E-state index contributed by atoms with van der Waals surface area (Å²) in [6.45, 7) is 0.571. The van der Waals surface area contributed by atoms with Gasteiger partial charge in [-0.3, -0.25) is 0 Å². The van der Waals surface area contributed by atoms with Crippen LogP contribution in [0.15, 0.2) is 84.9 Å². The Labute approximate surface area is 168 Å². The minimum atomic E-state index is 0.158. The molecule has 6 rings (SSSR count). The van der Waals surface area contributed by atoms with Crippen LogP contribution in [0.5, 0.6) is 0 Å². The largest absolute Gasteiger partial charge is 0.355 e. The number of H-pyrrole nitrogens is 2. The Balaban J connectivity index is 1.52. The molecule has 0 radical (unpaired) electrons. The SMILES string of the molecule is NCC(c1ccc2[nH]c3ccccc3c2c1)c1ccc2[nH]c3ccccc3c2c1. The fourth-order valence-corrected chi connectivity index (χ4v) is 4.63. The maximum absolute atomic E-state index is 6.29. The van der Waals surface area contributed by atoms with E-state index in [-0.39, 0.29) is 5.92 Å². The second-order valence-electron chi connectivity index (χ2n) is 7.74. The van der Waals surface area contributed by atoms with E-state index in [9.17, 15) is 0 Å². The van der Waals surface area contributed by atoms with Crippen LogP contribution in [-0.2, 0) is 0 Å². The third-order valence-electron chi connectivity index (χ3n) is 6.10. The highest BCUT2D eigenvalue weighted by molar-refractivity contribution is 6.08. The summed E-state index contributed by atoms with van der Waals surface area (Å²) in [4.78, 5) is 7.01. The van der Waals surface area contributed by atoms with Gasteiger partial charge in [0.25, 0.3) is 0 Å². The van der Waals surface area contributed by atoms with Gasteiger partial charge in [0.15, 0.2) is 0 Å². The summed E-state index contributed by atoms with van der Waals surface area (Å²) in [5.74, 6) is 0.158. The number of benzene rings is 4. The van der Waals surface area contributed by atoms with Gasteiger partial charge in [0, 0.05) is 56.1 Å². The van der Waals surface area contributed by atoms with Crippen LogP contribution in [0.3, 0.4) is 0 Å². The van der Waals surface area contributed by atoms with Crippen LogP contribution in [0.2, 0.25) is 0 Å². The molecule has 0 bridgehead atoms. The van der Waals surface area contributed by atoms with Crippen molar-refractivity contribution in [3.05, 3.63) is 96.1 Å². The van der Waals surface area contributed by atoms with Crippen molar-refractivity contribution in [1.29, 1.82) is 0 Å². The van der Waals surface area contributed by atoms with Crippen LogP contribution in [-0.4, -0.2) is 16.5 Å². The minimum Gasteiger partial charge on any atom is -0.355 e. The van der Waals surface area contributed by atoms with E-state index in [1.165, 1.54) is 43.7 Å². The quantitative estimate of drug-likeness (QED) is 0.347. The topological polar surface area (TPSA) is 57.6 Å². The molecule has 0 saturated carbocycles. The van der Waals surface area contributed by atoms with Gasteiger partial charge >= 0.3 is 0 Å². The number of rotatable bonds is 3. The smallest absolute Gasteiger partial charge is 0.0465 e. The average molecular weight is 375 g/mol. The van der Waals surface area contributed by atoms with Gasteiger partial charge in [0.2, 0.25) is 0 Å². The molecule has 29 heavy (non-hydrogen) atoms. The first-order valence-corrected chi connectivity index (χ1v) is 10.0. The van der Waals surface area contributed by atoms with E-state index >= 15 is 0 Å². The standard InChI is InChI=1S/C26H21N3/c27-15-22(16-9-11-25-20(13-16)18-5-1-3-7-23(18)28-25)17-10-12-26-21(14-17)19-6-2-4-8-24(19)29-26/h1-14,22,28-29H,15,27H2. The van der Waals surface area contributed by atoms with Crippen molar-refractivity contribution in [2.45, 2.75) is 5.92 Å². The molecule has 4 aromatic carbocycles. The summed E-state index contributed by atoms with van der Waals surface area (Å²) in [5.41, 5.74) is 13.5. The Kier molecular flexibility index (Phi) is 3.52. The number of nitrogens with one attached hydrogen (secondary N) is 2. The maximum atomic E-state index is 6.29. The normalized spacial score (nSPS) is 12.1. The number of aromatic nitrogens is 2. The van der Waals surface area contributed by atoms with Crippen molar-refractivity contribution in [2.75, 3.05) is 6.54 Å². The summed E-state index contributed by atoms with van der Waals surface area (Å²) in [5, 5.41) is 5.02. The third kappa shape index (κ3) is 2.48. The van der Waals surface area contributed by atoms with E-state index < -0.39 is 0 Å². The monoisotopic (exact) mass is 375 g/mol. The second kappa shape index (κ2) is 6.23. The van der Waals surface area contributed by atoms with Crippen molar-refractivity contribution < 1.29 is 0 Å². The molecule has 2 heterocycles. The lowest BCUT2D eigenvalue weighted by atomic mass is 9.89. The zero-order chi connectivity index (χ0) is 19.4. The highest BCUT2D eigenvalue weighted by atomic mass is 14.7. The number of hydrogen-bond acceptors (Lipinski definition) is 1. The molecule has 0 aliphatic rings. The van der Waals surface area contributed by atoms with Crippen LogP contribution < -0.4 is 5.73 Å². The molecule has 3 heteroatoms. The molecule has 0 atom stereocenters. The molecule has 0 spiro atoms. The van der Waals surface area contributed by atoms with Gasteiger partial charge < -0.3 is 15.7 Å². The van der Waals surface area contributed by atoms with E-state index in [1.807, 2.05) is 0 Å². The number of fused-ring (bicyclic) bond motifs is 6. The molecule has 0 unspecified atom stereocenters. The molecular weight excluding hydrogens is 354 g/mol. The number of para-hydroxylation sites is 2. The van der Waals surface area contributed by atoms with E-state index in [1.54, 1.807) is 0 Å². The van der Waals surface area contributed by atoms with Gasteiger partial charge in [0.05, 0.1) is 0 Å². The highest BCUT2D eigenvalue weighted by Crippen LogP contribution is 2.33. The van der Waals surface area contributed by atoms with Gasteiger partial charge in [0.1, 0.15) is 0 Å². The zero-order valence-corrected chi connectivity index (χ0v) is 15.9. The highest BCUT2D eigenvalue weighted by Gasteiger charge is 2.16.